The van der Waals surface area contributed by atoms with E-state index < -0.39 is 15.8 Å². The van der Waals surface area contributed by atoms with Crippen LogP contribution in [0.2, 0.25) is 0 Å². The summed E-state index contributed by atoms with van der Waals surface area (Å²) < 4.78 is 46.2. The molecule has 0 amide bonds. The first-order valence-corrected chi connectivity index (χ1v) is 9.52. The average Bonchev–Trinajstić information content (AvgIpc) is 3.02. The van der Waals surface area contributed by atoms with Crippen molar-refractivity contribution in [3.05, 3.63) is 59.4 Å². The van der Waals surface area contributed by atoms with Gasteiger partial charge in [0.2, 0.25) is 10.0 Å². The molecule has 0 saturated carbocycles. The van der Waals surface area contributed by atoms with Crippen LogP contribution in [0.25, 0.3) is 0 Å². The molecule has 0 aromatic heterocycles. The van der Waals surface area contributed by atoms with Gasteiger partial charge in [-0.2, -0.15) is 0 Å². The molecule has 25 heavy (non-hydrogen) atoms. The maximum Gasteiger partial charge on any atom is 0.240 e. The summed E-state index contributed by atoms with van der Waals surface area (Å²) >= 11 is 0. The van der Waals surface area contributed by atoms with Crippen LogP contribution < -0.4 is 9.46 Å². The second kappa shape index (κ2) is 7.11. The number of rotatable bonds is 6. The molecule has 3 rings (SSSR count). The summed E-state index contributed by atoms with van der Waals surface area (Å²) in [7, 11) is 0.0152. The molecule has 1 atom stereocenters. The number of nitrogens with zero attached hydrogens (tertiary/aromatic N) is 1. The molecule has 1 heterocycles. The van der Waals surface area contributed by atoms with Crippen LogP contribution in [0.15, 0.2) is 47.4 Å². The summed E-state index contributed by atoms with van der Waals surface area (Å²) in [5.74, 6) is 0.312. The lowest BCUT2D eigenvalue weighted by atomic mass is 10.0. The summed E-state index contributed by atoms with van der Waals surface area (Å²) in [5, 5.41) is 0. The van der Waals surface area contributed by atoms with Crippen molar-refractivity contribution in [2.24, 2.45) is 0 Å². The van der Waals surface area contributed by atoms with Crippen molar-refractivity contribution in [2.75, 3.05) is 27.2 Å². The number of hydrogen-bond donors (Lipinski definition) is 1. The highest BCUT2D eigenvalue weighted by atomic mass is 32.2. The molecule has 0 radical (unpaired) electrons. The topological polar surface area (TPSA) is 58.6 Å². The summed E-state index contributed by atoms with van der Waals surface area (Å²) in [6, 6.07) is 10.8. The van der Waals surface area contributed by atoms with E-state index >= 15 is 0 Å². The highest BCUT2D eigenvalue weighted by Crippen LogP contribution is 2.29. The monoisotopic (exact) mass is 364 g/mol. The molecular formula is C18H21FN2O3S. The Bertz CT molecular complexity index is 868. The van der Waals surface area contributed by atoms with Gasteiger partial charge in [0.1, 0.15) is 11.6 Å². The van der Waals surface area contributed by atoms with Gasteiger partial charge < -0.3 is 9.64 Å². The van der Waals surface area contributed by atoms with Gasteiger partial charge in [0.25, 0.3) is 0 Å². The molecule has 7 heteroatoms. The van der Waals surface area contributed by atoms with Gasteiger partial charge in [-0.15, -0.1) is 0 Å². The molecule has 0 fully saturated rings. The predicted octanol–water partition coefficient (Wildman–Crippen LogP) is 2.34. The predicted molar refractivity (Wildman–Crippen MR) is 93.7 cm³/mol. The zero-order valence-corrected chi connectivity index (χ0v) is 15.0. The minimum Gasteiger partial charge on any atom is -0.493 e. The lowest BCUT2D eigenvalue weighted by molar-refractivity contribution is 0.299. The smallest absolute Gasteiger partial charge is 0.240 e. The third-order valence-corrected chi connectivity index (χ3v) is 5.72. The summed E-state index contributed by atoms with van der Waals surface area (Å²) in [6.45, 7) is 0.864. The number of sulfonamides is 1. The fourth-order valence-corrected chi connectivity index (χ4v) is 3.99. The molecule has 0 aliphatic carbocycles. The van der Waals surface area contributed by atoms with E-state index in [2.05, 4.69) is 10.8 Å². The van der Waals surface area contributed by atoms with E-state index in [-0.39, 0.29) is 17.5 Å². The molecule has 1 aliphatic heterocycles. The molecule has 2 aromatic carbocycles. The van der Waals surface area contributed by atoms with Crippen LogP contribution in [-0.4, -0.2) is 40.6 Å². The van der Waals surface area contributed by atoms with Crippen LogP contribution in [0.1, 0.15) is 17.2 Å². The van der Waals surface area contributed by atoms with Crippen molar-refractivity contribution in [3.8, 4) is 5.75 Å². The standard InChI is InChI=1S/C18H21FN2O3S/c1-21(2)17(13-6-7-18-14(10-13)8-9-24-18)12-20-25(22,23)16-5-3-4-15(19)11-16/h3-7,10-11,17,20H,8-9,12H2,1-2H3. The molecular weight excluding hydrogens is 343 g/mol. The van der Waals surface area contributed by atoms with Crippen LogP contribution in [0, 0.1) is 5.82 Å². The number of likely N-dealkylation sites (N-methyl/N-ethyl adjacent to an activating group) is 1. The Morgan fingerprint density at radius 3 is 2.76 bits per heavy atom. The number of hydrogen-bond acceptors (Lipinski definition) is 4. The van der Waals surface area contributed by atoms with E-state index in [0.29, 0.717) is 6.61 Å². The van der Waals surface area contributed by atoms with Crippen molar-refractivity contribution in [1.82, 2.24) is 9.62 Å². The first-order chi connectivity index (χ1) is 11.9. The lowest BCUT2D eigenvalue weighted by Crippen LogP contribution is -2.34. The summed E-state index contributed by atoms with van der Waals surface area (Å²) in [4.78, 5) is 1.87. The minimum absolute atomic E-state index is 0.0765. The zero-order chi connectivity index (χ0) is 18.0. The lowest BCUT2D eigenvalue weighted by Gasteiger charge is -2.25. The normalized spacial score (nSPS) is 15.0. The highest BCUT2D eigenvalue weighted by molar-refractivity contribution is 7.89. The van der Waals surface area contributed by atoms with E-state index in [1.165, 1.54) is 18.2 Å². The molecule has 1 N–H and O–H groups in total. The fourth-order valence-electron chi connectivity index (χ4n) is 2.92. The average molecular weight is 364 g/mol. The molecule has 1 aliphatic rings. The van der Waals surface area contributed by atoms with Gasteiger partial charge in [-0.05, 0) is 49.5 Å². The van der Waals surface area contributed by atoms with E-state index in [1.807, 2.05) is 31.1 Å². The van der Waals surface area contributed by atoms with E-state index in [1.54, 1.807) is 0 Å². The van der Waals surface area contributed by atoms with Gasteiger partial charge in [-0.25, -0.2) is 17.5 Å². The Labute approximate surface area is 147 Å². The van der Waals surface area contributed by atoms with Gasteiger partial charge >= 0.3 is 0 Å². The fraction of sp³-hybridized carbons (Fsp3) is 0.333. The van der Waals surface area contributed by atoms with Crippen LogP contribution in [-0.2, 0) is 16.4 Å². The van der Waals surface area contributed by atoms with Crippen molar-refractivity contribution in [2.45, 2.75) is 17.4 Å². The van der Waals surface area contributed by atoms with Crippen LogP contribution in [0.4, 0.5) is 4.39 Å². The van der Waals surface area contributed by atoms with E-state index in [4.69, 9.17) is 4.74 Å². The Morgan fingerprint density at radius 2 is 2.04 bits per heavy atom. The Morgan fingerprint density at radius 1 is 1.24 bits per heavy atom. The first-order valence-electron chi connectivity index (χ1n) is 8.04. The maximum atomic E-state index is 13.3. The van der Waals surface area contributed by atoms with Gasteiger partial charge in [-0.1, -0.05) is 18.2 Å². The third kappa shape index (κ3) is 4.00. The summed E-state index contributed by atoms with van der Waals surface area (Å²) in [6.07, 6.45) is 0.859. The van der Waals surface area contributed by atoms with Crippen LogP contribution >= 0.6 is 0 Å². The quantitative estimate of drug-likeness (QED) is 0.855. The van der Waals surface area contributed by atoms with Crippen LogP contribution in [0.3, 0.4) is 0 Å². The molecule has 0 spiro atoms. The second-order valence-electron chi connectivity index (χ2n) is 6.25. The molecule has 134 valence electrons. The van der Waals surface area contributed by atoms with Crippen molar-refractivity contribution in [3.63, 3.8) is 0 Å². The molecule has 5 nitrogen and oxygen atoms in total. The Kier molecular flexibility index (Phi) is 5.08. The number of nitrogens with one attached hydrogen (secondary N) is 1. The van der Waals surface area contributed by atoms with Gasteiger partial charge in [0.15, 0.2) is 0 Å². The molecule has 0 saturated heterocycles. The van der Waals surface area contributed by atoms with Gasteiger partial charge in [0, 0.05) is 19.0 Å². The van der Waals surface area contributed by atoms with Gasteiger partial charge in [0.05, 0.1) is 11.5 Å². The largest absolute Gasteiger partial charge is 0.493 e. The molecule has 2 aromatic rings. The van der Waals surface area contributed by atoms with Crippen molar-refractivity contribution < 1.29 is 17.5 Å². The van der Waals surface area contributed by atoms with E-state index in [9.17, 15) is 12.8 Å². The third-order valence-electron chi connectivity index (χ3n) is 4.29. The Balaban J connectivity index is 1.79. The number of halogens is 1. The molecule has 0 bridgehead atoms. The van der Waals surface area contributed by atoms with Gasteiger partial charge in [-0.3, -0.25) is 0 Å². The van der Waals surface area contributed by atoms with Crippen molar-refractivity contribution in [1.29, 1.82) is 0 Å². The van der Waals surface area contributed by atoms with Crippen molar-refractivity contribution >= 4 is 10.0 Å². The first kappa shape index (κ1) is 17.8. The number of benzene rings is 2. The zero-order valence-electron chi connectivity index (χ0n) is 14.2. The highest BCUT2D eigenvalue weighted by Gasteiger charge is 2.22. The number of fused-ring (bicyclic) bond motifs is 1. The number of ether oxygens (including phenoxy) is 1. The van der Waals surface area contributed by atoms with E-state index in [0.717, 1.165) is 29.4 Å². The Hall–Kier alpha value is -1.96. The minimum atomic E-state index is -3.77. The SMILES string of the molecule is CN(C)C(CNS(=O)(=O)c1cccc(F)c1)c1ccc2c(c1)CCO2. The summed E-state index contributed by atoms with van der Waals surface area (Å²) in [5.41, 5.74) is 2.15. The maximum absolute atomic E-state index is 13.3. The van der Waals surface area contributed by atoms with Crippen LogP contribution in [0.5, 0.6) is 5.75 Å². The second-order valence-corrected chi connectivity index (χ2v) is 8.02. The molecule has 1 unspecified atom stereocenters.